The van der Waals surface area contributed by atoms with Crippen LogP contribution in [-0.2, 0) is 14.3 Å². The summed E-state index contributed by atoms with van der Waals surface area (Å²) in [7, 11) is 1.28. The summed E-state index contributed by atoms with van der Waals surface area (Å²) < 4.78 is 47.3. The first kappa shape index (κ1) is 17.2. The minimum atomic E-state index is -4.39. The number of halogens is 3. The highest BCUT2D eigenvalue weighted by molar-refractivity contribution is 5.81. The van der Waals surface area contributed by atoms with Crippen molar-refractivity contribution >= 4 is 5.97 Å². The molecule has 0 spiro atoms. The molecule has 4 nitrogen and oxygen atoms in total. The van der Waals surface area contributed by atoms with E-state index in [0.717, 1.165) is 6.92 Å². The van der Waals surface area contributed by atoms with Crippen LogP contribution in [0.5, 0.6) is 0 Å². The van der Waals surface area contributed by atoms with Crippen LogP contribution in [0.15, 0.2) is 0 Å². The summed E-state index contributed by atoms with van der Waals surface area (Å²) >= 11 is 0. The van der Waals surface area contributed by atoms with E-state index in [9.17, 15) is 18.0 Å². The summed E-state index contributed by atoms with van der Waals surface area (Å²) in [6, 6.07) is 0.0212. The molecular formula is C13H22F3NO3. The number of nitrogens with one attached hydrogen (secondary N) is 1. The molecule has 0 aliphatic heterocycles. The molecule has 0 aromatic rings. The summed E-state index contributed by atoms with van der Waals surface area (Å²) in [6.07, 6.45) is -5.82. The Bertz CT molecular complexity index is 346. The maximum Gasteiger partial charge on any atom is 0.414 e. The zero-order chi connectivity index (χ0) is 15.6. The number of carbonyl (C=O) groups is 1. The Balaban J connectivity index is 2.72. The first-order valence-corrected chi connectivity index (χ1v) is 6.69. The average Bonchev–Trinajstić information content (AvgIpc) is 2.70. The normalized spacial score (nSPS) is 28.7. The molecule has 20 heavy (non-hydrogen) atoms. The molecule has 0 heterocycles. The fraction of sp³-hybridized carbons (Fsp3) is 0.923. The molecule has 3 atom stereocenters. The Morgan fingerprint density at radius 1 is 1.35 bits per heavy atom. The predicted molar refractivity (Wildman–Crippen MR) is 67.3 cm³/mol. The lowest BCUT2D eigenvalue weighted by Gasteiger charge is -2.30. The first-order chi connectivity index (χ1) is 9.10. The van der Waals surface area contributed by atoms with Crippen molar-refractivity contribution in [3.05, 3.63) is 0 Å². The van der Waals surface area contributed by atoms with Gasteiger partial charge in [-0.3, -0.25) is 10.1 Å². The molecule has 0 aromatic heterocycles. The van der Waals surface area contributed by atoms with Crippen molar-refractivity contribution in [2.75, 3.05) is 7.11 Å². The van der Waals surface area contributed by atoms with Gasteiger partial charge in [0, 0.05) is 12.5 Å². The van der Waals surface area contributed by atoms with Gasteiger partial charge in [0.1, 0.15) is 5.54 Å². The van der Waals surface area contributed by atoms with Gasteiger partial charge in [-0.05, 0) is 33.6 Å². The number of rotatable bonds is 5. The molecule has 0 bridgehead atoms. The molecule has 1 aliphatic rings. The Morgan fingerprint density at radius 3 is 2.40 bits per heavy atom. The fourth-order valence-corrected chi connectivity index (χ4v) is 2.61. The second kappa shape index (κ2) is 6.30. The number of alkyl halides is 3. The number of hydrogen-bond donors (Lipinski definition) is 1. The van der Waals surface area contributed by atoms with Crippen LogP contribution < -0.4 is 5.32 Å². The zero-order valence-electron chi connectivity index (χ0n) is 12.2. The van der Waals surface area contributed by atoms with Crippen LogP contribution in [0.3, 0.4) is 0 Å². The SMILES string of the molecule is COC(=O)C1(NC(C)C)CCC(OC(C)C(F)(F)F)C1. The van der Waals surface area contributed by atoms with Gasteiger partial charge in [0.25, 0.3) is 0 Å². The molecule has 1 saturated carbocycles. The van der Waals surface area contributed by atoms with E-state index in [0.29, 0.717) is 12.8 Å². The minimum absolute atomic E-state index is 0.0212. The third-order valence-corrected chi connectivity index (χ3v) is 3.47. The molecule has 0 radical (unpaired) electrons. The molecule has 0 aromatic carbocycles. The molecule has 7 heteroatoms. The van der Waals surface area contributed by atoms with Crippen LogP contribution in [0.25, 0.3) is 0 Å². The van der Waals surface area contributed by atoms with Gasteiger partial charge < -0.3 is 9.47 Å². The van der Waals surface area contributed by atoms with E-state index in [1.165, 1.54) is 7.11 Å². The second-order valence-electron chi connectivity index (χ2n) is 5.56. The number of hydrogen-bond acceptors (Lipinski definition) is 4. The Kier molecular flexibility index (Phi) is 5.43. The van der Waals surface area contributed by atoms with Crippen molar-refractivity contribution in [3.8, 4) is 0 Å². The van der Waals surface area contributed by atoms with E-state index in [1.807, 2.05) is 13.8 Å². The summed E-state index contributed by atoms with van der Waals surface area (Å²) in [5, 5.41) is 3.11. The van der Waals surface area contributed by atoms with Crippen LogP contribution in [-0.4, -0.2) is 43.0 Å². The van der Waals surface area contributed by atoms with Gasteiger partial charge in [-0.1, -0.05) is 0 Å². The lowest BCUT2D eigenvalue weighted by molar-refractivity contribution is -0.226. The maximum atomic E-state index is 12.5. The van der Waals surface area contributed by atoms with Gasteiger partial charge >= 0.3 is 12.1 Å². The number of esters is 1. The van der Waals surface area contributed by atoms with E-state index >= 15 is 0 Å². The van der Waals surface area contributed by atoms with Crippen molar-refractivity contribution < 1.29 is 27.4 Å². The van der Waals surface area contributed by atoms with Crippen LogP contribution in [0.1, 0.15) is 40.0 Å². The Morgan fingerprint density at radius 2 is 1.95 bits per heavy atom. The van der Waals surface area contributed by atoms with E-state index in [-0.39, 0.29) is 12.5 Å². The van der Waals surface area contributed by atoms with E-state index in [1.54, 1.807) is 0 Å². The largest absolute Gasteiger partial charge is 0.468 e. The van der Waals surface area contributed by atoms with Crippen molar-refractivity contribution in [2.45, 2.75) is 70.0 Å². The highest BCUT2D eigenvalue weighted by atomic mass is 19.4. The fourth-order valence-electron chi connectivity index (χ4n) is 2.61. The number of carbonyl (C=O) groups excluding carboxylic acids is 1. The molecular weight excluding hydrogens is 275 g/mol. The van der Waals surface area contributed by atoms with Crippen LogP contribution in [0.4, 0.5) is 13.2 Å². The quantitative estimate of drug-likeness (QED) is 0.792. The monoisotopic (exact) mass is 297 g/mol. The van der Waals surface area contributed by atoms with Gasteiger partial charge in [-0.15, -0.1) is 0 Å². The minimum Gasteiger partial charge on any atom is -0.468 e. The molecule has 1 fully saturated rings. The highest BCUT2D eigenvalue weighted by Gasteiger charge is 2.49. The molecule has 118 valence electrons. The average molecular weight is 297 g/mol. The molecule has 0 amide bonds. The molecule has 1 N–H and O–H groups in total. The van der Waals surface area contributed by atoms with Crippen LogP contribution >= 0.6 is 0 Å². The first-order valence-electron chi connectivity index (χ1n) is 6.69. The third kappa shape index (κ3) is 4.09. The molecule has 1 aliphatic carbocycles. The third-order valence-electron chi connectivity index (χ3n) is 3.47. The topological polar surface area (TPSA) is 47.6 Å². The van der Waals surface area contributed by atoms with Crippen LogP contribution in [0.2, 0.25) is 0 Å². The van der Waals surface area contributed by atoms with E-state index < -0.39 is 29.9 Å². The molecule has 0 saturated heterocycles. The predicted octanol–water partition coefficient (Wildman–Crippen LogP) is 2.42. The van der Waals surface area contributed by atoms with Crippen molar-refractivity contribution in [3.63, 3.8) is 0 Å². The summed E-state index contributed by atoms with van der Waals surface area (Å²) in [5.41, 5.74) is -0.946. The molecule has 1 rings (SSSR count). The smallest absolute Gasteiger partial charge is 0.414 e. The maximum absolute atomic E-state index is 12.5. The van der Waals surface area contributed by atoms with Gasteiger partial charge in [0.05, 0.1) is 13.2 Å². The number of methoxy groups -OCH3 is 1. The van der Waals surface area contributed by atoms with E-state index in [2.05, 4.69) is 5.32 Å². The van der Waals surface area contributed by atoms with Crippen molar-refractivity contribution in [1.82, 2.24) is 5.32 Å². The lowest BCUT2D eigenvalue weighted by atomic mass is 9.96. The van der Waals surface area contributed by atoms with Gasteiger partial charge in [0.15, 0.2) is 6.10 Å². The van der Waals surface area contributed by atoms with Gasteiger partial charge in [0.2, 0.25) is 0 Å². The second-order valence-corrected chi connectivity index (χ2v) is 5.56. The lowest BCUT2D eigenvalue weighted by Crippen LogP contribution is -2.54. The Labute approximate surface area is 117 Å². The van der Waals surface area contributed by atoms with Crippen molar-refractivity contribution in [2.24, 2.45) is 0 Å². The standard InChI is InChI=1S/C13H22F3NO3/c1-8(2)17-12(11(18)19-4)6-5-10(7-12)20-9(3)13(14,15)16/h8-10,17H,5-7H2,1-4H3. The van der Waals surface area contributed by atoms with Gasteiger partial charge in [-0.2, -0.15) is 13.2 Å². The Hall–Kier alpha value is -0.820. The summed E-state index contributed by atoms with van der Waals surface area (Å²) in [4.78, 5) is 11.9. The highest BCUT2D eigenvalue weighted by Crippen LogP contribution is 2.36. The molecule has 3 unspecified atom stereocenters. The van der Waals surface area contributed by atoms with Gasteiger partial charge in [-0.25, -0.2) is 0 Å². The zero-order valence-corrected chi connectivity index (χ0v) is 12.2. The summed E-state index contributed by atoms with van der Waals surface area (Å²) in [6.45, 7) is 4.72. The van der Waals surface area contributed by atoms with E-state index in [4.69, 9.17) is 9.47 Å². The van der Waals surface area contributed by atoms with Crippen LogP contribution in [0, 0.1) is 0 Å². The van der Waals surface area contributed by atoms with Crippen molar-refractivity contribution in [1.29, 1.82) is 0 Å². The number of ether oxygens (including phenoxy) is 2. The summed E-state index contributed by atoms with van der Waals surface area (Å²) in [5.74, 6) is -0.447.